The number of nitrogens with zero attached hydrogens (tertiary/aromatic N) is 1. The molecule has 0 aromatic heterocycles. The van der Waals surface area contributed by atoms with Crippen LogP contribution in [0.1, 0.15) is 16.7 Å². The lowest BCUT2D eigenvalue weighted by Crippen LogP contribution is -2.40. The predicted octanol–water partition coefficient (Wildman–Crippen LogP) is 2.41. The lowest BCUT2D eigenvalue weighted by Gasteiger charge is -2.24. The molecular weight excluding hydrogens is 408 g/mol. The number of methoxy groups -OCH3 is 3. The van der Waals surface area contributed by atoms with Gasteiger partial charge in [0.15, 0.2) is 11.5 Å². The minimum atomic E-state index is -3.65. The van der Waals surface area contributed by atoms with Crippen LogP contribution < -0.4 is 23.8 Å². The Labute approximate surface area is 177 Å². The van der Waals surface area contributed by atoms with E-state index in [0.29, 0.717) is 22.9 Å². The second-order valence-corrected chi connectivity index (χ2v) is 8.71. The molecule has 0 fully saturated rings. The average molecular weight is 437 g/mol. The third kappa shape index (κ3) is 5.35. The van der Waals surface area contributed by atoms with Gasteiger partial charge in [-0.15, -0.1) is 0 Å². The zero-order valence-electron chi connectivity index (χ0n) is 18.1. The van der Waals surface area contributed by atoms with Crippen molar-refractivity contribution < 1.29 is 27.4 Å². The second kappa shape index (κ2) is 9.71. The molecule has 1 N–H and O–H groups in total. The molecule has 0 saturated heterocycles. The number of aryl methyl sites for hydroxylation is 1. The Morgan fingerprint density at radius 2 is 1.63 bits per heavy atom. The zero-order chi connectivity index (χ0) is 22.5. The average Bonchev–Trinajstić information content (AvgIpc) is 2.71. The molecule has 0 saturated carbocycles. The molecule has 2 rings (SSSR count). The quantitative estimate of drug-likeness (QED) is 0.649. The molecule has 8 nitrogen and oxygen atoms in total. The summed E-state index contributed by atoms with van der Waals surface area (Å²) in [5.41, 5.74) is 2.95. The topological polar surface area (TPSA) is 94.2 Å². The minimum Gasteiger partial charge on any atom is -0.493 e. The third-order valence-electron chi connectivity index (χ3n) is 4.75. The van der Waals surface area contributed by atoms with Crippen LogP contribution in [0.25, 0.3) is 0 Å². The van der Waals surface area contributed by atoms with E-state index in [4.69, 9.17) is 14.2 Å². The van der Waals surface area contributed by atoms with Crippen LogP contribution in [0, 0.1) is 13.8 Å². The Hall–Kier alpha value is -2.94. The molecule has 0 unspecified atom stereocenters. The Morgan fingerprint density at radius 3 is 2.13 bits per heavy atom. The molecule has 0 radical (unpaired) electrons. The van der Waals surface area contributed by atoms with Crippen molar-refractivity contribution in [3.8, 4) is 17.2 Å². The summed E-state index contributed by atoms with van der Waals surface area (Å²) in [5, 5.41) is 2.75. The summed E-state index contributed by atoms with van der Waals surface area (Å²) in [6.07, 6.45) is 1.08. The number of benzene rings is 2. The van der Waals surface area contributed by atoms with Gasteiger partial charge in [0.25, 0.3) is 0 Å². The summed E-state index contributed by atoms with van der Waals surface area (Å²) in [6.45, 7) is 3.56. The predicted molar refractivity (Wildman–Crippen MR) is 116 cm³/mol. The number of hydrogen-bond acceptors (Lipinski definition) is 6. The van der Waals surface area contributed by atoms with Gasteiger partial charge in [0.05, 0.1) is 33.3 Å². The molecular formula is C21H28N2O6S. The Bertz CT molecular complexity index is 995. The van der Waals surface area contributed by atoms with Crippen molar-refractivity contribution in [1.29, 1.82) is 0 Å². The van der Waals surface area contributed by atoms with E-state index in [2.05, 4.69) is 5.32 Å². The fraction of sp³-hybridized carbons (Fsp3) is 0.381. The highest BCUT2D eigenvalue weighted by molar-refractivity contribution is 7.92. The Kier molecular flexibility index (Phi) is 7.55. The second-order valence-electron chi connectivity index (χ2n) is 6.80. The van der Waals surface area contributed by atoms with Crippen LogP contribution in [-0.4, -0.2) is 48.5 Å². The Morgan fingerprint density at radius 1 is 1.03 bits per heavy atom. The highest BCUT2D eigenvalue weighted by Crippen LogP contribution is 2.38. The van der Waals surface area contributed by atoms with Crippen LogP contribution in [-0.2, 0) is 21.4 Å². The van der Waals surface area contributed by atoms with Crippen molar-refractivity contribution in [1.82, 2.24) is 5.32 Å². The summed E-state index contributed by atoms with van der Waals surface area (Å²) in [5.74, 6) is 0.951. The monoisotopic (exact) mass is 436 g/mol. The van der Waals surface area contributed by atoms with Gasteiger partial charge in [0.2, 0.25) is 21.7 Å². The minimum absolute atomic E-state index is 0.167. The van der Waals surface area contributed by atoms with E-state index in [1.807, 2.05) is 19.9 Å². The van der Waals surface area contributed by atoms with Gasteiger partial charge in [-0.1, -0.05) is 12.1 Å². The third-order valence-corrected chi connectivity index (χ3v) is 5.87. The lowest BCUT2D eigenvalue weighted by atomic mass is 10.1. The van der Waals surface area contributed by atoms with Crippen molar-refractivity contribution in [2.45, 2.75) is 20.4 Å². The molecule has 164 valence electrons. The number of nitrogens with one attached hydrogen (secondary N) is 1. The van der Waals surface area contributed by atoms with Crippen LogP contribution in [0.4, 0.5) is 5.69 Å². The molecule has 9 heteroatoms. The van der Waals surface area contributed by atoms with E-state index in [1.165, 1.54) is 21.3 Å². The maximum Gasteiger partial charge on any atom is 0.241 e. The maximum absolute atomic E-state index is 12.6. The van der Waals surface area contributed by atoms with Crippen molar-refractivity contribution in [3.63, 3.8) is 0 Å². The molecule has 1 amide bonds. The van der Waals surface area contributed by atoms with Gasteiger partial charge in [-0.05, 0) is 48.7 Å². The lowest BCUT2D eigenvalue weighted by molar-refractivity contribution is -0.119. The smallest absolute Gasteiger partial charge is 0.241 e. The molecule has 0 bridgehead atoms. The van der Waals surface area contributed by atoms with Gasteiger partial charge in [0.1, 0.15) is 6.54 Å². The van der Waals surface area contributed by atoms with Crippen LogP contribution in [0.5, 0.6) is 17.2 Å². The molecule has 0 atom stereocenters. The van der Waals surface area contributed by atoms with Crippen LogP contribution in [0.15, 0.2) is 30.3 Å². The first-order chi connectivity index (χ1) is 14.1. The molecule has 0 heterocycles. The SMILES string of the molecule is COc1cc(CNC(=O)CN(c2cccc(C)c2C)S(C)(=O)=O)cc(OC)c1OC. The maximum atomic E-state index is 12.6. The number of sulfonamides is 1. The highest BCUT2D eigenvalue weighted by Gasteiger charge is 2.23. The van der Waals surface area contributed by atoms with E-state index >= 15 is 0 Å². The zero-order valence-corrected chi connectivity index (χ0v) is 18.9. The van der Waals surface area contributed by atoms with Crippen LogP contribution in [0.2, 0.25) is 0 Å². The first-order valence-corrected chi connectivity index (χ1v) is 11.1. The molecule has 30 heavy (non-hydrogen) atoms. The van der Waals surface area contributed by atoms with Crippen molar-refractivity contribution >= 4 is 21.6 Å². The molecule has 2 aromatic rings. The van der Waals surface area contributed by atoms with Gasteiger partial charge in [0, 0.05) is 6.54 Å². The summed E-state index contributed by atoms with van der Waals surface area (Å²) in [4.78, 5) is 12.6. The summed E-state index contributed by atoms with van der Waals surface area (Å²) < 4.78 is 41.7. The number of amides is 1. The fourth-order valence-corrected chi connectivity index (χ4v) is 3.92. The number of anilines is 1. The number of rotatable bonds is 9. The molecule has 0 aliphatic rings. The largest absolute Gasteiger partial charge is 0.493 e. The Balaban J connectivity index is 2.20. The van der Waals surface area contributed by atoms with Crippen molar-refractivity contribution in [3.05, 3.63) is 47.0 Å². The van der Waals surface area contributed by atoms with Crippen molar-refractivity contribution in [2.75, 3.05) is 38.4 Å². The first-order valence-electron chi connectivity index (χ1n) is 9.21. The van der Waals surface area contributed by atoms with E-state index in [9.17, 15) is 13.2 Å². The highest BCUT2D eigenvalue weighted by atomic mass is 32.2. The molecule has 0 aliphatic carbocycles. The number of ether oxygens (including phenoxy) is 3. The van der Waals surface area contributed by atoms with E-state index < -0.39 is 15.9 Å². The van der Waals surface area contributed by atoms with Gasteiger partial charge in [-0.3, -0.25) is 9.10 Å². The van der Waals surface area contributed by atoms with Gasteiger partial charge < -0.3 is 19.5 Å². The van der Waals surface area contributed by atoms with Crippen molar-refractivity contribution in [2.24, 2.45) is 0 Å². The van der Waals surface area contributed by atoms with Crippen LogP contribution in [0.3, 0.4) is 0 Å². The van der Waals surface area contributed by atoms with Gasteiger partial charge in [-0.2, -0.15) is 0 Å². The summed E-state index contributed by atoms with van der Waals surface area (Å²) in [7, 11) is 0.875. The molecule has 0 aliphatic heterocycles. The first kappa shape index (κ1) is 23.3. The van der Waals surface area contributed by atoms with Gasteiger partial charge in [-0.25, -0.2) is 8.42 Å². The van der Waals surface area contributed by atoms with E-state index in [0.717, 1.165) is 27.3 Å². The van der Waals surface area contributed by atoms with Gasteiger partial charge >= 0.3 is 0 Å². The molecule has 2 aromatic carbocycles. The number of hydrogen-bond donors (Lipinski definition) is 1. The normalized spacial score (nSPS) is 11.0. The van der Waals surface area contributed by atoms with E-state index in [1.54, 1.807) is 24.3 Å². The van der Waals surface area contributed by atoms with Crippen LogP contribution >= 0.6 is 0 Å². The van der Waals surface area contributed by atoms with E-state index in [-0.39, 0.29) is 13.1 Å². The number of carbonyl (C=O) groups is 1. The standard InChI is InChI=1S/C21H28N2O6S/c1-14-8-7-9-17(15(14)2)23(30(6,25)26)13-20(24)22-12-16-10-18(27-3)21(29-5)19(11-16)28-4/h7-11H,12-13H2,1-6H3,(H,22,24). The summed E-state index contributed by atoms with van der Waals surface area (Å²) >= 11 is 0. The molecule has 0 spiro atoms. The number of carbonyl (C=O) groups excluding carboxylic acids is 1. The fourth-order valence-electron chi connectivity index (χ4n) is 3.01. The summed E-state index contributed by atoms with van der Waals surface area (Å²) in [6, 6.07) is 8.80.